The third kappa shape index (κ3) is 3.82. The van der Waals surface area contributed by atoms with Gasteiger partial charge in [0.05, 0.1) is 6.10 Å². The van der Waals surface area contributed by atoms with Gasteiger partial charge in [-0.15, -0.1) is 0 Å². The summed E-state index contributed by atoms with van der Waals surface area (Å²) >= 11 is 3.35. The number of nitrogen functional groups attached to an aromatic ring is 1. The zero-order chi connectivity index (χ0) is 13.0. The largest absolute Gasteiger partial charge is 0.399 e. The van der Waals surface area contributed by atoms with Crippen LogP contribution in [0.5, 0.6) is 0 Å². The van der Waals surface area contributed by atoms with E-state index in [4.69, 9.17) is 10.5 Å². The summed E-state index contributed by atoms with van der Waals surface area (Å²) < 4.78 is 6.39. The Hall–Kier alpha value is -0.870. The van der Waals surface area contributed by atoms with Crippen molar-refractivity contribution < 1.29 is 9.53 Å². The van der Waals surface area contributed by atoms with Gasteiger partial charge < -0.3 is 10.5 Å². The van der Waals surface area contributed by atoms with Crippen LogP contribution in [0.4, 0.5) is 5.69 Å². The van der Waals surface area contributed by atoms with Gasteiger partial charge in [-0.3, -0.25) is 4.79 Å². The van der Waals surface area contributed by atoms with Crippen LogP contribution in [0.3, 0.4) is 0 Å². The third-order valence-corrected chi connectivity index (χ3v) is 3.65. The van der Waals surface area contributed by atoms with E-state index in [0.29, 0.717) is 23.8 Å². The molecule has 1 unspecified atom stereocenters. The van der Waals surface area contributed by atoms with Crippen LogP contribution in [0.15, 0.2) is 22.7 Å². The first-order chi connectivity index (χ1) is 8.65. The molecule has 0 spiro atoms. The molecule has 0 saturated carbocycles. The van der Waals surface area contributed by atoms with Crippen molar-refractivity contribution >= 4 is 27.4 Å². The van der Waals surface area contributed by atoms with Crippen LogP contribution < -0.4 is 5.73 Å². The highest BCUT2D eigenvalue weighted by Crippen LogP contribution is 2.21. The summed E-state index contributed by atoms with van der Waals surface area (Å²) in [5.41, 5.74) is 7.03. The topological polar surface area (TPSA) is 52.3 Å². The molecule has 1 aliphatic rings. The maximum Gasteiger partial charge on any atom is 0.162 e. The van der Waals surface area contributed by atoms with Crippen LogP contribution in [0.25, 0.3) is 0 Å². The van der Waals surface area contributed by atoms with Gasteiger partial charge >= 0.3 is 0 Å². The summed E-state index contributed by atoms with van der Waals surface area (Å²) in [6, 6.07) is 5.35. The average Bonchev–Trinajstić information content (AvgIpc) is 2.80. The highest BCUT2D eigenvalue weighted by molar-refractivity contribution is 9.10. The lowest BCUT2D eigenvalue weighted by molar-refractivity contribution is 0.0923. The quantitative estimate of drug-likeness (QED) is 0.668. The van der Waals surface area contributed by atoms with Crippen molar-refractivity contribution in [2.75, 3.05) is 12.3 Å². The molecule has 1 heterocycles. The number of carbonyl (C=O) groups is 1. The molecule has 0 bridgehead atoms. The second-order valence-electron chi connectivity index (χ2n) is 4.72. The van der Waals surface area contributed by atoms with E-state index in [1.165, 1.54) is 0 Å². The number of rotatable bonds is 5. The number of hydrogen-bond acceptors (Lipinski definition) is 3. The van der Waals surface area contributed by atoms with Gasteiger partial charge in [-0.05, 0) is 43.9 Å². The third-order valence-electron chi connectivity index (χ3n) is 3.20. The molecule has 0 aromatic heterocycles. The average molecular weight is 312 g/mol. The van der Waals surface area contributed by atoms with Crippen LogP contribution in [-0.2, 0) is 4.74 Å². The molecule has 1 atom stereocenters. The summed E-state index contributed by atoms with van der Waals surface area (Å²) in [5.74, 6) is 0.154. The lowest BCUT2D eigenvalue weighted by atomic mass is 10.0. The number of nitrogens with two attached hydrogens (primary N) is 1. The minimum atomic E-state index is 0.154. The van der Waals surface area contributed by atoms with Gasteiger partial charge in [-0.2, -0.15) is 0 Å². The molecule has 98 valence electrons. The Morgan fingerprint density at radius 3 is 2.94 bits per heavy atom. The molecule has 18 heavy (non-hydrogen) atoms. The van der Waals surface area contributed by atoms with Crippen molar-refractivity contribution in [3.05, 3.63) is 28.2 Å². The van der Waals surface area contributed by atoms with Gasteiger partial charge in [0.25, 0.3) is 0 Å². The predicted octanol–water partition coefficient (Wildman–Crippen LogP) is 3.56. The second kappa shape index (κ2) is 6.34. The van der Waals surface area contributed by atoms with E-state index >= 15 is 0 Å². The van der Waals surface area contributed by atoms with Gasteiger partial charge in [0.1, 0.15) is 0 Å². The van der Waals surface area contributed by atoms with Crippen LogP contribution in [-0.4, -0.2) is 18.5 Å². The lowest BCUT2D eigenvalue weighted by Gasteiger charge is -2.08. The number of anilines is 1. The number of ether oxygens (including phenoxy) is 1. The molecule has 1 aromatic rings. The van der Waals surface area contributed by atoms with E-state index in [9.17, 15) is 4.79 Å². The van der Waals surface area contributed by atoms with Gasteiger partial charge in [-0.25, -0.2) is 0 Å². The Morgan fingerprint density at radius 2 is 2.28 bits per heavy atom. The number of halogens is 1. The van der Waals surface area contributed by atoms with Gasteiger partial charge in [-0.1, -0.05) is 15.9 Å². The Labute approximate surface area is 116 Å². The Kier molecular flexibility index (Phi) is 4.78. The number of carbonyl (C=O) groups excluding carboxylic acids is 1. The fourth-order valence-corrected chi connectivity index (χ4v) is 2.79. The first-order valence-corrected chi connectivity index (χ1v) is 7.15. The molecule has 2 rings (SSSR count). The fraction of sp³-hybridized carbons (Fsp3) is 0.500. The zero-order valence-corrected chi connectivity index (χ0v) is 11.9. The number of Topliss-reactive ketones (excluding diaryl/α,β-unsaturated/α-hetero) is 1. The number of ketones is 1. The molecular weight excluding hydrogens is 294 g/mol. The summed E-state index contributed by atoms with van der Waals surface area (Å²) in [6.07, 6.45) is 5.09. The number of hydrogen-bond donors (Lipinski definition) is 1. The summed E-state index contributed by atoms with van der Waals surface area (Å²) in [4.78, 5) is 12.0. The molecule has 0 amide bonds. The van der Waals surface area contributed by atoms with Crippen molar-refractivity contribution in [2.45, 2.75) is 38.2 Å². The Balaban J connectivity index is 1.83. The minimum Gasteiger partial charge on any atom is -0.399 e. The number of benzene rings is 1. The van der Waals surface area contributed by atoms with E-state index in [1.54, 1.807) is 12.1 Å². The highest BCUT2D eigenvalue weighted by Gasteiger charge is 2.16. The van der Waals surface area contributed by atoms with Crippen LogP contribution in [0, 0.1) is 0 Å². The molecular formula is C14H18BrNO2. The van der Waals surface area contributed by atoms with Gasteiger partial charge in [0, 0.05) is 28.8 Å². The molecule has 1 aliphatic heterocycles. The van der Waals surface area contributed by atoms with E-state index in [2.05, 4.69) is 15.9 Å². The first-order valence-electron chi connectivity index (χ1n) is 6.36. The van der Waals surface area contributed by atoms with E-state index in [0.717, 1.165) is 36.8 Å². The monoisotopic (exact) mass is 311 g/mol. The van der Waals surface area contributed by atoms with Crippen molar-refractivity contribution in [3.63, 3.8) is 0 Å². The van der Waals surface area contributed by atoms with Crippen molar-refractivity contribution in [1.82, 2.24) is 0 Å². The van der Waals surface area contributed by atoms with Gasteiger partial charge in [0.2, 0.25) is 0 Å². The van der Waals surface area contributed by atoms with Crippen LogP contribution in [0.2, 0.25) is 0 Å². The maximum absolute atomic E-state index is 12.0. The molecule has 2 N–H and O–H groups in total. The fourth-order valence-electron chi connectivity index (χ4n) is 2.28. The van der Waals surface area contributed by atoms with E-state index in [1.807, 2.05) is 6.07 Å². The normalized spacial score (nSPS) is 19.1. The summed E-state index contributed by atoms with van der Waals surface area (Å²) in [5, 5.41) is 0. The van der Waals surface area contributed by atoms with Crippen molar-refractivity contribution in [1.29, 1.82) is 0 Å². The van der Waals surface area contributed by atoms with E-state index < -0.39 is 0 Å². The standard InChI is InChI=1S/C14H18BrNO2/c15-11-7-10(8-12(16)9-11)14(17)5-1-3-13-4-2-6-18-13/h7-9,13H,1-6,16H2. The highest BCUT2D eigenvalue weighted by atomic mass is 79.9. The first kappa shape index (κ1) is 13.6. The SMILES string of the molecule is Nc1cc(Br)cc(C(=O)CCCC2CCCO2)c1. The minimum absolute atomic E-state index is 0.154. The molecule has 1 fully saturated rings. The summed E-state index contributed by atoms with van der Waals surface area (Å²) in [6.45, 7) is 0.876. The van der Waals surface area contributed by atoms with E-state index in [-0.39, 0.29) is 5.78 Å². The molecule has 3 nitrogen and oxygen atoms in total. The molecule has 4 heteroatoms. The van der Waals surface area contributed by atoms with Gasteiger partial charge in [0.15, 0.2) is 5.78 Å². The smallest absolute Gasteiger partial charge is 0.162 e. The van der Waals surface area contributed by atoms with Crippen molar-refractivity contribution in [2.24, 2.45) is 0 Å². The molecule has 0 aliphatic carbocycles. The lowest BCUT2D eigenvalue weighted by Crippen LogP contribution is -2.07. The second-order valence-corrected chi connectivity index (χ2v) is 5.64. The molecule has 0 radical (unpaired) electrons. The van der Waals surface area contributed by atoms with Crippen molar-refractivity contribution in [3.8, 4) is 0 Å². The Morgan fingerprint density at radius 1 is 1.44 bits per heavy atom. The van der Waals surface area contributed by atoms with Crippen LogP contribution >= 0.6 is 15.9 Å². The maximum atomic E-state index is 12.0. The predicted molar refractivity (Wildman–Crippen MR) is 75.7 cm³/mol. The molecule has 1 aromatic carbocycles. The summed E-state index contributed by atoms with van der Waals surface area (Å²) in [7, 11) is 0. The molecule has 1 saturated heterocycles. The van der Waals surface area contributed by atoms with Crippen LogP contribution in [0.1, 0.15) is 42.5 Å². The Bertz CT molecular complexity index is 408. The zero-order valence-electron chi connectivity index (χ0n) is 10.3.